The van der Waals surface area contributed by atoms with E-state index in [9.17, 15) is 0 Å². The molecule has 1 aliphatic carbocycles. The predicted octanol–water partition coefficient (Wildman–Crippen LogP) is 4.08. The molecule has 0 amide bonds. The molecule has 2 rings (SSSR count). The summed E-state index contributed by atoms with van der Waals surface area (Å²) < 4.78 is 0. The predicted molar refractivity (Wildman–Crippen MR) is 73.4 cm³/mol. The maximum atomic E-state index is 4.51. The molecule has 1 heterocycles. The molecule has 1 aromatic rings. The molecule has 1 atom stereocenters. The van der Waals surface area contributed by atoms with Crippen molar-refractivity contribution >= 4 is 5.69 Å². The zero-order valence-corrected chi connectivity index (χ0v) is 11.3. The smallest absolute Gasteiger partial charge is 0.0606 e. The minimum atomic E-state index is 0.568. The van der Waals surface area contributed by atoms with Gasteiger partial charge in [0.15, 0.2) is 0 Å². The number of aromatic nitrogens is 1. The molecule has 1 aromatic heterocycles. The van der Waals surface area contributed by atoms with Gasteiger partial charge in [0.05, 0.1) is 11.4 Å². The molecule has 94 valence electrons. The summed E-state index contributed by atoms with van der Waals surface area (Å²) in [6.07, 6.45) is 7.00. The first-order valence-corrected chi connectivity index (χ1v) is 6.87. The first-order chi connectivity index (χ1) is 8.16. The molecule has 1 N–H and O–H groups in total. The minimum absolute atomic E-state index is 0.568. The molecule has 0 aromatic carbocycles. The zero-order chi connectivity index (χ0) is 12.3. The first-order valence-electron chi connectivity index (χ1n) is 6.87. The van der Waals surface area contributed by atoms with Crippen molar-refractivity contribution in [2.24, 2.45) is 5.92 Å². The van der Waals surface area contributed by atoms with Crippen LogP contribution in [-0.2, 0) is 0 Å². The van der Waals surface area contributed by atoms with Gasteiger partial charge < -0.3 is 5.32 Å². The van der Waals surface area contributed by atoms with Crippen molar-refractivity contribution in [3.05, 3.63) is 23.5 Å². The van der Waals surface area contributed by atoms with Gasteiger partial charge in [0.2, 0.25) is 0 Å². The summed E-state index contributed by atoms with van der Waals surface area (Å²) in [5.41, 5.74) is 3.42. The Morgan fingerprint density at radius 2 is 1.88 bits per heavy atom. The summed E-state index contributed by atoms with van der Waals surface area (Å²) in [5.74, 6) is 0.837. The van der Waals surface area contributed by atoms with Crippen molar-refractivity contribution in [3.8, 4) is 0 Å². The van der Waals surface area contributed by atoms with Gasteiger partial charge >= 0.3 is 0 Å². The van der Waals surface area contributed by atoms with E-state index < -0.39 is 0 Å². The average molecular weight is 232 g/mol. The fraction of sp³-hybridized carbons (Fsp3) is 0.667. The van der Waals surface area contributed by atoms with Crippen LogP contribution in [0.4, 0.5) is 5.69 Å². The van der Waals surface area contributed by atoms with Crippen LogP contribution in [0, 0.1) is 19.8 Å². The van der Waals surface area contributed by atoms with Crippen LogP contribution in [0.5, 0.6) is 0 Å². The standard InChI is InChI=1S/C15H24N2/c1-11-9-10-15(13(3)16-11)17-12(2)14-7-5-4-6-8-14/h9-10,12,14,17H,4-8H2,1-3H3. The number of pyridine rings is 1. The van der Waals surface area contributed by atoms with Crippen molar-refractivity contribution in [1.29, 1.82) is 0 Å². The Bertz CT molecular complexity index is 367. The van der Waals surface area contributed by atoms with Crippen molar-refractivity contribution < 1.29 is 0 Å². The van der Waals surface area contributed by atoms with E-state index in [1.54, 1.807) is 0 Å². The van der Waals surface area contributed by atoms with Gasteiger partial charge in [0, 0.05) is 11.7 Å². The van der Waals surface area contributed by atoms with E-state index in [0.29, 0.717) is 6.04 Å². The number of anilines is 1. The van der Waals surface area contributed by atoms with Crippen molar-refractivity contribution in [1.82, 2.24) is 4.98 Å². The van der Waals surface area contributed by atoms with Crippen molar-refractivity contribution in [2.45, 2.75) is 58.9 Å². The summed E-state index contributed by atoms with van der Waals surface area (Å²) >= 11 is 0. The van der Waals surface area contributed by atoms with Crippen LogP contribution in [0.15, 0.2) is 12.1 Å². The molecule has 0 bridgehead atoms. The monoisotopic (exact) mass is 232 g/mol. The van der Waals surface area contributed by atoms with Crippen molar-refractivity contribution in [3.63, 3.8) is 0 Å². The fourth-order valence-electron chi connectivity index (χ4n) is 2.84. The lowest BCUT2D eigenvalue weighted by molar-refractivity contribution is 0.328. The number of aryl methyl sites for hydroxylation is 2. The molecule has 17 heavy (non-hydrogen) atoms. The van der Waals surface area contributed by atoms with E-state index in [2.05, 4.69) is 36.3 Å². The Labute approximate surface area is 105 Å². The summed E-state index contributed by atoms with van der Waals surface area (Å²) in [4.78, 5) is 4.51. The van der Waals surface area contributed by atoms with E-state index in [-0.39, 0.29) is 0 Å². The Balaban J connectivity index is 1.99. The van der Waals surface area contributed by atoms with E-state index >= 15 is 0 Å². The summed E-state index contributed by atoms with van der Waals surface area (Å²) in [6, 6.07) is 4.82. The average Bonchev–Trinajstić information content (AvgIpc) is 2.34. The van der Waals surface area contributed by atoms with Gasteiger partial charge in [-0.05, 0) is 51.7 Å². The topological polar surface area (TPSA) is 24.9 Å². The maximum Gasteiger partial charge on any atom is 0.0606 e. The highest BCUT2D eigenvalue weighted by Gasteiger charge is 2.20. The van der Waals surface area contributed by atoms with Crippen LogP contribution in [0.3, 0.4) is 0 Å². The molecule has 2 heteroatoms. The number of hydrogen-bond donors (Lipinski definition) is 1. The van der Waals surface area contributed by atoms with Crippen LogP contribution < -0.4 is 5.32 Å². The Hall–Kier alpha value is -1.05. The quantitative estimate of drug-likeness (QED) is 0.849. The lowest BCUT2D eigenvalue weighted by Crippen LogP contribution is -2.28. The van der Waals surface area contributed by atoms with E-state index in [1.807, 2.05) is 6.92 Å². The van der Waals surface area contributed by atoms with Gasteiger partial charge in [0.1, 0.15) is 0 Å². The van der Waals surface area contributed by atoms with E-state index in [0.717, 1.165) is 17.3 Å². The third-order valence-electron chi connectivity index (χ3n) is 3.97. The van der Waals surface area contributed by atoms with Crippen LogP contribution in [0.25, 0.3) is 0 Å². The molecule has 2 nitrogen and oxygen atoms in total. The highest BCUT2D eigenvalue weighted by molar-refractivity contribution is 5.48. The second-order valence-electron chi connectivity index (χ2n) is 5.42. The number of nitrogens with zero attached hydrogens (tertiary/aromatic N) is 1. The SMILES string of the molecule is Cc1ccc(NC(C)C2CCCCC2)c(C)n1. The molecule has 0 spiro atoms. The molecular weight excluding hydrogens is 208 g/mol. The van der Waals surface area contributed by atoms with E-state index in [4.69, 9.17) is 0 Å². The first kappa shape index (κ1) is 12.4. The Kier molecular flexibility index (Phi) is 4.03. The summed E-state index contributed by atoms with van der Waals surface area (Å²) in [6.45, 7) is 6.44. The maximum absolute atomic E-state index is 4.51. The lowest BCUT2D eigenvalue weighted by atomic mass is 9.84. The van der Waals surface area contributed by atoms with Crippen molar-refractivity contribution in [2.75, 3.05) is 5.32 Å². The molecule has 0 radical (unpaired) electrons. The molecule has 1 fully saturated rings. The highest BCUT2D eigenvalue weighted by atomic mass is 14.9. The zero-order valence-electron chi connectivity index (χ0n) is 11.3. The van der Waals surface area contributed by atoms with Gasteiger partial charge in [-0.2, -0.15) is 0 Å². The molecule has 1 saturated carbocycles. The summed E-state index contributed by atoms with van der Waals surface area (Å²) in [7, 11) is 0. The second-order valence-corrected chi connectivity index (χ2v) is 5.42. The van der Waals surface area contributed by atoms with E-state index in [1.165, 1.54) is 37.8 Å². The molecular formula is C15H24N2. The summed E-state index contributed by atoms with van der Waals surface area (Å²) in [5, 5.41) is 3.64. The number of rotatable bonds is 3. The van der Waals surface area contributed by atoms with Crippen LogP contribution in [-0.4, -0.2) is 11.0 Å². The molecule has 1 unspecified atom stereocenters. The number of hydrogen-bond acceptors (Lipinski definition) is 2. The third kappa shape index (κ3) is 3.21. The van der Waals surface area contributed by atoms with Gasteiger partial charge in [0.25, 0.3) is 0 Å². The van der Waals surface area contributed by atoms with Gasteiger partial charge in [-0.25, -0.2) is 0 Å². The lowest BCUT2D eigenvalue weighted by Gasteiger charge is -2.29. The number of nitrogens with one attached hydrogen (secondary N) is 1. The Morgan fingerprint density at radius 1 is 1.18 bits per heavy atom. The molecule has 1 aliphatic rings. The van der Waals surface area contributed by atoms with Gasteiger partial charge in [-0.3, -0.25) is 4.98 Å². The van der Waals surface area contributed by atoms with Crippen LogP contribution in [0.1, 0.15) is 50.4 Å². The third-order valence-corrected chi connectivity index (χ3v) is 3.97. The molecule has 0 saturated heterocycles. The Morgan fingerprint density at radius 3 is 2.53 bits per heavy atom. The largest absolute Gasteiger partial charge is 0.381 e. The van der Waals surface area contributed by atoms with Crippen LogP contribution in [0.2, 0.25) is 0 Å². The van der Waals surface area contributed by atoms with Gasteiger partial charge in [-0.15, -0.1) is 0 Å². The second kappa shape index (κ2) is 5.52. The highest BCUT2D eigenvalue weighted by Crippen LogP contribution is 2.28. The van der Waals surface area contributed by atoms with Gasteiger partial charge in [-0.1, -0.05) is 19.3 Å². The van der Waals surface area contributed by atoms with Crippen LogP contribution >= 0.6 is 0 Å². The minimum Gasteiger partial charge on any atom is -0.381 e. The normalized spacial score (nSPS) is 19.0. The fourth-order valence-corrected chi connectivity index (χ4v) is 2.84. The molecule has 0 aliphatic heterocycles.